The Morgan fingerprint density at radius 3 is 2.22 bits per heavy atom. The fourth-order valence-corrected chi connectivity index (χ4v) is 2.87. The third-order valence-electron chi connectivity index (χ3n) is 4.41. The van der Waals surface area contributed by atoms with E-state index in [1.54, 1.807) is 38.6 Å². The van der Waals surface area contributed by atoms with Crippen molar-refractivity contribution in [1.29, 1.82) is 0 Å². The van der Waals surface area contributed by atoms with E-state index in [4.69, 9.17) is 14.3 Å². The van der Waals surface area contributed by atoms with E-state index in [0.29, 0.717) is 17.3 Å². The molecule has 2 N–H and O–H groups in total. The van der Waals surface area contributed by atoms with Crippen molar-refractivity contribution in [2.75, 3.05) is 14.2 Å². The molecule has 0 aliphatic heterocycles. The van der Waals surface area contributed by atoms with Gasteiger partial charge in [0.05, 0.1) is 26.3 Å². The van der Waals surface area contributed by atoms with Crippen molar-refractivity contribution in [2.45, 2.75) is 13.5 Å². The number of ether oxygens (including phenoxy) is 2. The summed E-state index contributed by atoms with van der Waals surface area (Å²) in [5.41, 5.74) is 4.89. The van der Waals surface area contributed by atoms with Crippen LogP contribution in [0.3, 0.4) is 0 Å². The van der Waals surface area contributed by atoms with Crippen LogP contribution in [-0.2, 0) is 16.2 Å². The minimum atomic E-state index is -0.533. The van der Waals surface area contributed by atoms with Crippen molar-refractivity contribution in [3.63, 3.8) is 0 Å². The molecule has 0 saturated carbocycles. The lowest BCUT2D eigenvalue weighted by atomic mass is 10.1. The number of aliphatic imine (C=N–C) groups is 1. The second kappa shape index (κ2) is 10.8. The molecule has 3 aromatic rings. The van der Waals surface area contributed by atoms with Gasteiger partial charge in [-0.05, 0) is 42.0 Å². The number of nitrogens with one attached hydrogen (secondary N) is 2. The van der Waals surface area contributed by atoms with Crippen molar-refractivity contribution >= 4 is 17.7 Å². The number of halogens is 1. The summed E-state index contributed by atoms with van der Waals surface area (Å²) in [6.07, 6.45) is 1.62. The molecule has 9 heteroatoms. The van der Waals surface area contributed by atoms with Gasteiger partial charge in [0.1, 0.15) is 17.3 Å². The molecular formula is C23H23FN4O4. The molecule has 0 fully saturated rings. The molecule has 0 bridgehead atoms. The van der Waals surface area contributed by atoms with Crippen molar-refractivity contribution in [3.05, 3.63) is 72.2 Å². The average molecular weight is 438 g/mol. The number of hydrogen-bond acceptors (Lipinski definition) is 6. The summed E-state index contributed by atoms with van der Waals surface area (Å²) in [5, 5.41) is 3.06. The molecule has 0 aliphatic carbocycles. The zero-order valence-electron chi connectivity index (χ0n) is 17.9. The Hall–Kier alpha value is -4.14. The molecule has 1 aromatic heterocycles. The summed E-state index contributed by atoms with van der Waals surface area (Å²) in [5.74, 6) is 0.951. The molecule has 166 valence electrons. The van der Waals surface area contributed by atoms with Crippen molar-refractivity contribution < 1.29 is 23.5 Å². The second-order valence-electron chi connectivity index (χ2n) is 6.56. The number of nitrogens with zero attached hydrogens (tertiary/aromatic N) is 2. The van der Waals surface area contributed by atoms with E-state index in [9.17, 15) is 9.18 Å². The molecular weight excluding hydrogens is 415 g/mol. The number of rotatable bonds is 6. The molecule has 0 amide bonds. The summed E-state index contributed by atoms with van der Waals surface area (Å²) in [7, 11) is 3.13. The van der Waals surface area contributed by atoms with E-state index in [0.717, 1.165) is 16.7 Å². The van der Waals surface area contributed by atoms with Crippen LogP contribution in [0.15, 0.2) is 65.8 Å². The minimum Gasteiger partial charge on any atom is -0.496 e. The average Bonchev–Trinajstić information content (AvgIpc) is 2.81. The zero-order chi connectivity index (χ0) is 22.9. The lowest BCUT2D eigenvalue weighted by Crippen LogP contribution is -2.37. The molecule has 0 unspecified atom stereocenters. The van der Waals surface area contributed by atoms with Crippen LogP contribution in [0, 0.1) is 5.82 Å². The molecule has 1 heterocycles. The standard InChI is InChI=1S/C23H23FN4O4/c1-15(29)32-28-23(26-14-19-20(30-2)5-4-6-21(19)31-3)27-22-12-9-17(13-25-22)16-7-10-18(24)11-8-16/h4-13H,14H2,1-3H3,(H2,25,26,27,28). The van der Waals surface area contributed by atoms with Crippen molar-refractivity contribution in [1.82, 2.24) is 15.8 Å². The number of hydroxylamine groups is 1. The first-order valence-electron chi connectivity index (χ1n) is 9.68. The summed E-state index contributed by atoms with van der Waals surface area (Å²) in [4.78, 5) is 24.8. The normalized spacial score (nSPS) is 10.9. The smallest absolute Gasteiger partial charge is 0.329 e. The predicted octanol–water partition coefficient (Wildman–Crippen LogP) is 3.75. The number of methoxy groups -OCH3 is 2. The van der Waals surface area contributed by atoms with E-state index < -0.39 is 5.97 Å². The van der Waals surface area contributed by atoms with Gasteiger partial charge in [0.15, 0.2) is 5.82 Å². The van der Waals surface area contributed by atoms with E-state index >= 15 is 0 Å². The number of benzene rings is 2. The van der Waals surface area contributed by atoms with Crippen LogP contribution in [0.25, 0.3) is 11.1 Å². The second-order valence-corrected chi connectivity index (χ2v) is 6.56. The van der Waals surface area contributed by atoms with E-state index in [-0.39, 0.29) is 18.3 Å². The Morgan fingerprint density at radius 2 is 1.66 bits per heavy atom. The summed E-state index contributed by atoms with van der Waals surface area (Å²) < 4.78 is 23.9. The highest BCUT2D eigenvalue weighted by molar-refractivity contribution is 5.83. The molecule has 3 rings (SSSR count). The minimum absolute atomic E-state index is 0.162. The summed E-state index contributed by atoms with van der Waals surface area (Å²) in [6.45, 7) is 1.54. The highest BCUT2D eigenvalue weighted by atomic mass is 19.1. The van der Waals surface area contributed by atoms with Gasteiger partial charge in [-0.3, -0.25) is 4.79 Å². The van der Waals surface area contributed by atoms with Crippen LogP contribution in [0.1, 0.15) is 12.5 Å². The third kappa shape index (κ3) is 5.94. The van der Waals surface area contributed by atoms with E-state index in [1.165, 1.54) is 19.1 Å². The maximum absolute atomic E-state index is 13.1. The van der Waals surface area contributed by atoms with Gasteiger partial charge in [-0.2, -0.15) is 10.5 Å². The fraction of sp³-hybridized carbons (Fsp3) is 0.174. The van der Waals surface area contributed by atoms with Crippen molar-refractivity contribution in [3.8, 4) is 22.6 Å². The molecule has 32 heavy (non-hydrogen) atoms. The van der Waals surface area contributed by atoms with Crippen LogP contribution in [-0.4, -0.2) is 31.1 Å². The monoisotopic (exact) mass is 438 g/mol. The van der Waals surface area contributed by atoms with Gasteiger partial charge in [0.2, 0.25) is 5.96 Å². The van der Waals surface area contributed by atoms with Gasteiger partial charge in [-0.1, -0.05) is 18.2 Å². The molecule has 8 nitrogen and oxygen atoms in total. The van der Waals surface area contributed by atoms with Gasteiger partial charge >= 0.3 is 5.97 Å². The number of aromatic nitrogens is 1. The maximum atomic E-state index is 13.1. The van der Waals surface area contributed by atoms with Crippen LogP contribution < -0.4 is 20.3 Å². The van der Waals surface area contributed by atoms with Gasteiger partial charge < -0.3 is 19.6 Å². The zero-order valence-corrected chi connectivity index (χ0v) is 17.9. The third-order valence-corrected chi connectivity index (χ3v) is 4.41. The number of hydrogen-bond donors (Lipinski definition) is 2. The number of carbonyl (C=O) groups excluding carboxylic acids is 1. The lowest BCUT2D eigenvalue weighted by molar-refractivity contribution is -0.145. The van der Waals surface area contributed by atoms with Crippen molar-refractivity contribution in [2.24, 2.45) is 4.99 Å². The number of guanidine groups is 1. The lowest BCUT2D eigenvalue weighted by Gasteiger charge is -2.15. The predicted molar refractivity (Wildman–Crippen MR) is 118 cm³/mol. The topological polar surface area (TPSA) is 94.1 Å². The fourth-order valence-electron chi connectivity index (χ4n) is 2.87. The first kappa shape index (κ1) is 22.5. The molecule has 2 aromatic carbocycles. The Bertz CT molecular complexity index is 1060. The van der Waals surface area contributed by atoms with Gasteiger partial charge in [-0.15, -0.1) is 0 Å². The summed E-state index contributed by atoms with van der Waals surface area (Å²) in [6, 6.07) is 15.1. The van der Waals surface area contributed by atoms with Gasteiger partial charge in [-0.25, -0.2) is 9.37 Å². The van der Waals surface area contributed by atoms with E-state index in [1.807, 2.05) is 24.3 Å². The molecule has 0 spiro atoms. The SMILES string of the molecule is COc1cccc(OC)c1CNC(=Nc1ccc(-c2ccc(F)cc2)cn1)NOC(C)=O. The van der Waals surface area contributed by atoms with Crippen LogP contribution in [0.5, 0.6) is 11.5 Å². The Morgan fingerprint density at radius 1 is 1.00 bits per heavy atom. The Kier molecular flexibility index (Phi) is 7.58. The Balaban J connectivity index is 1.81. The van der Waals surface area contributed by atoms with Gasteiger partial charge in [0, 0.05) is 18.7 Å². The maximum Gasteiger partial charge on any atom is 0.329 e. The first-order valence-corrected chi connectivity index (χ1v) is 9.68. The number of carbonyl (C=O) groups is 1. The Labute approximate surface area is 185 Å². The van der Waals surface area contributed by atoms with Gasteiger partial charge in [0.25, 0.3) is 0 Å². The molecule has 0 atom stereocenters. The van der Waals surface area contributed by atoms with Crippen LogP contribution in [0.2, 0.25) is 0 Å². The summed E-state index contributed by atoms with van der Waals surface area (Å²) >= 11 is 0. The highest BCUT2D eigenvalue weighted by Crippen LogP contribution is 2.28. The van der Waals surface area contributed by atoms with E-state index in [2.05, 4.69) is 20.8 Å². The quantitative estimate of drug-likeness (QED) is 0.344. The molecule has 0 saturated heterocycles. The largest absolute Gasteiger partial charge is 0.496 e. The molecule has 0 radical (unpaired) electrons. The first-order chi connectivity index (χ1) is 15.5. The number of pyridine rings is 1. The van der Waals surface area contributed by atoms with Crippen LogP contribution >= 0.6 is 0 Å². The van der Waals surface area contributed by atoms with Crippen LogP contribution in [0.4, 0.5) is 10.2 Å². The molecule has 0 aliphatic rings. The highest BCUT2D eigenvalue weighted by Gasteiger charge is 2.11.